The van der Waals surface area contributed by atoms with E-state index in [1.807, 2.05) is 32.2 Å². The normalized spacial score (nSPS) is 11.3. The smallest absolute Gasteiger partial charge is 0.265 e. The monoisotopic (exact) mass is 346 g/mol. The van der Waals surface area contributed by atoms with Gasteiger partial charge in [0.25, 0.3) is 5.91 Å². The van der Waals surface area contributed by atoms with Crippen molar-refractivity contribution in [1.82, 2.24) is 18.6 Å². The van der Waals surface area contributed by atoms with Crippen molar-refractivity contribution in [2.45, 2.75) is 33.2 Å². The third-order valence-corrected chi connectivity index (χ3v) is 5.59. The molecule has 120 valence electrons. The number of nitrogens with zero attached hydrogens (tertiary/aromatic N) is 4. The average molecular weight is 346 g/mol. The third-order valence-electron chi connectivity index (χ3n) is 3.59. The van der Waals surface area contributed by atoms with Crippen LogP contribution in [-0.4, -0.2) is 31.6 Å². The predicted molar refractivity (Wildman–Crippen MR) is 94.2 cm³/mol. The number of hydrogen-bond donors (Lipinski definition) is 0. The van der Waals surface area contributed by atoms with Crippen molar-refractivity contribution in [2.75, 3.05) is 7.05 Å². The summed E-state index contributed by atoms with van der Waals surface area (Å²) >= 11 is 2.70. The first-order valence-corrected chi connectivity index (χ1v) is 8.94. The molecular weight excluding hydrogens is 328 g/mol. The lowest BCUT2D eigenvalue weighted by Gasteiger charge is -2.16. The van der Waals surface area contributed by atoms with Crippen molar-refractivity contribution in [3.63, 3.8) is 0 Å². The van der Waals surface area contributed by atoms with Gasteiger partial charge in [-0.15, -0.1) is 11.3 Å². The molecule has 0 atom stereocenters. The number of benzene rings is 1. The topological polar surface area (TPSA) is 59.0 Å². The number of thiazole rings is 1. The lowest BCUT2D eigenvalue weighted by molar-refractivity contribution is 0.0789. The van der Waals surface area contributed by atoms with Gasteiger partial charge in [0, 0.05) is 19.5 Å². The van der Waals surface area contributed by atoms with Gasteiger partial charge in [0.15, 0.2) is 0 Å². The summed E-state index contributed by atoms with van der Waals surface area (Å²) in [5.74, 6) is 0.355. The molecule has 1 aromatic carbocycles. The van der Waals surface area contributed by atoms with Gasteiger partial charge in [-0.25, -0.2) is 4.98 Å². The summed E-state index contributed by atoms with van der Waals surface area (Å²) in [5.41, 5.74) is 3.64. The fourth-order valence-electron chi connectivity index (χ4n) is 2.31. The van der Waals surface area contributed by atoms with Crippen LogP contribution >= 0.6 is 23.1 Å². The minimum atomic E-state index is 0.0170. The zero-order valence-electron chi connectivity index (χ0n) is 13.5. The molecule has 0 N–H and O–H groups in total. The minimum Gasteiger partial charge on any atom is -0.337 e. The van der Waals surface area contributed by atoms with Gasteiger partial charge in [-0.05, 0) is 24.6 Å². The fourth-order valence-corrected chi connectivity index (χ4v) is 3.89. The highest BCUT2D eigenvalue weighted by atomic mass is 32.1. The van der Waals surface area contributed by atoms with Crippen LogP contribution in [0.1, 0.15) is 45.7 Å². The van der Waals surface area contributed by atoms with E-state index >= 15 is 0 Å². The molecule has 2 heterocycles. The van der Waals surface area contributed by atoms with Crippen molar-refractivity contribution in [2.24, 2.45) is 0 Å². The van der Waals surface area contributed by atoms with Crippen LogP contribution in [0.5, 0.6) is 0 Å². The van der Waals surface area contributed by atoms with E-state index < -0.39 is 0 Å². The Morgan fingerprint density at radius 2 is 2.00 bits per heavy atom. The Morgan fingerprint density at radius 3 is 2.70 bits per heavy atom. The molecular formula is C16H18N4OS2. The van der Waals surface area contributed by atoms with Crippen LogP contribution in [0.4, 0.5) is 0 Å². The number of hydrogen-bond acceptors (Lipinski definition) is 6. The largest absolute Gasteiger partial charge is 0.337 e. The average Bonchev–Trinajstić information content (AvgIpc) is 3.12. The van der Waals surface area contributed by atoms with Gasteiger partial charge in [0.2, 0.25) is 0 Å². The summed E-state index contributed by atoms with van der Waals surface area (Å²) < 4.78 is 8.44. The second kappa shape index (κ2) is 6.33. The molecule has 0 fully saturated rings. The predicted octanol–water partition coefficient (Wildman–Crippen LogP) is 3.85. The fraction of sp³-hybridized carbons (Fsp3) is 0.375. The van der Waals surface area contributed by atoms with Gasteiger partial charge < -0.3 is 4.90 Å². The summed E-state index contributed by atoms with van der Waals surface area (Å²) in [6.45, 7) is 6.62. The zero-order chi connectivity index (χ0) is 16.6. The van der Waals surface area contributed by atoms with Gasteiger partial charge in [-0.1, -0.05) is 19.9 Å². The molecule has 0 spiro atoms. The molecule has 7 heteroatoms. The van der Waals surface area contributed by atoms with Crippen LogP contribution in [-0.2, 0) is 6.54 Å². The van der Waals surface area contributed by atoms with Crippen molar-refractivity contribution in [3.8, 4) is 0 Å². The highest BCUT2D eigenvalue weighted by molar-refractivity contribution is 7.13. The molecule has 0 aliphatic carbocycles. The van der Waals surface area contributed by atoms with E-state index in [4.69, 9.17) is 0 Å². The highest BCUT2D eigenvalue weighted by Crippen LogP contribution is 2.26. The maximum atomic E-state index is 12.7. The van der Waals surface area contributed by atoms with Gasteiger partial charge in [-0.3, -0.25) is 4.79 Å². The van der Waals surface area contributed by atoms with E-state index in [9.17, 15) is 4.79 Å². The Labute approximate surface area is 143 Å². The Balaban J connectivity index is 1.79. The molecule has 5 nitrogen and oxygen atoms in total. The third kappa shape index (κ3) is 3.25. The first-order valence-electron chi connectivity index (χ1n) is 7.39. The van der Waals surface area contributed by atoms with Crippen LogP contribution in [0.2, 0.25) is 0 Å². The maximum absolute atomic E-state index is 12.7. The van der Waals surface area contributed by atoms with Gasteiger partial charge in [0.05, 0.1) is 22.4 Å². The van der Waals surface area contributed by atoms with E-state index in [0.717, 1.165) is 32.2 Å². The second-order valence-electron chi connectivity index (χ2n) is 5.87. The van der Waals surface area contributed by atoms with Crippen molar-refractivity contribution in [3.05, 3.63) is 39.3 Å². The number of amides is 1. The molecule has 23 heavy (non-hydrogen) atoms. The Bertz CT molecular complexity index is 853. The summed E-state index contributed by atoms with van der Waals surface area (Å²) in [4.78, 5) is 19.7. The summed E-state index contributed by atoms with van der Waals surface area (Å²) in [5, 5.41) is 1.01. The van der Waals surface area contributed by atoms with E-state index in [1.165, 1.54) is 23.1 Å². The molecule has 3 aromatic rings. The molecule has 0 unspecified atom stereocenters. The van der Waals surface area contributed by atoms with E-state index in [-0.39, 0.29) is 5.91 Å². The van der Waals surface area contributed by atoms with Gasteiger partial charge >= 0.3 is 0 Å². The lowest BCUT2D eigenvalue weighted by Crippen LogP contribution is -2.26. The standard InChI is InChI=1S/C16H18N4OS2/c1-9(2)15-17-10(3)14(22-15)16(21)20(4)8-11-5-6-12-13(7-11)19-23-18-12/h5-7,9H,8H2,1-4H3. The van der Waals surface area contributed by atoms with Gasteiger partial charge in [0.1, 0.15) is 15.9 Å². The minimum absolute atomic E-state index is 0.0170. The van der Waals surface area contributed by atoms with E-state index in [0.29, 0.717) is 12.5 Å². The summed E-state index contributed by atoms with van der Waals surface area (Å²) in [6.07, 6.45) is 0. The van der Waals surface area contributed by atoms with E-state index in [1.54, 1.807) is 4.90 Å². The molecule has 0 aliphatic heterocycles. The van der Waals surface area contributed by atoms with Crippen molar-refractivity contribution in [1.29, 1.82) is 0 Å². The zero-order valence-corrected chi connectivity index (χ0v) is 15.2. The Hall–Kier alpha value is -1.86. The number of aromatic nitrogens is 3. The van der Waals surface area contributed by atoms with E-state index in [2.05, 4.69) is 27.6 Å². The second-order valence-corrected chi connectivity index (χ2v) is 7.43. The first-order chi connectivity index (χ1) is 11.0. The number of fused-ring (bicyclic) bond motifs is 1. The quantitative estimate of drug-likeness (QED) is 0.720. The Kier molecular flexibility index (Phi) is 4.41. The molecule has 0 radical (unpaired) electrons. The lowest BCUT2D eigenvalue weighted by atomic mass is 10.2. The Morgan fingerprint density at radius 1 is 1.26 bits per heavy atom. The van der Waals surface area contributed by atoms with Crippen LogP contribution < -0.4 is 0 Å². The molecule has 0 saturated heterocycles. The summed E-state index contributed by atoms with van der Waals surface area (Å²) in [7, 11) is 1.82. The van der Waals surface area contributed by atoms with Crippen LogP contribution in [0.15, 0.2) is 18.2 Å². The SMILES string of the molecule is Cc1nc(C(C)C)sc1C(=O)N(C)Cc1ccc2nsnc2c1. The molecule has 1 amide bonds. The molecule has 0 bridgehead atoms. The molecule has 2 aromatic heterocycles. The van der Waals surface area contributed by atoms with Crippen LogP contribution in [0.3, 0.4) is 0 Å². The number of aryl methyl sites for hydroxylation is 1. The number of carbonyl (C=O) groups excluding carboxylic acids is 1. The van der Waals surface area contributed by atoms with Crippen LogP contribution in [0, 0.1) is 6.92 Å². The first kappa shape index (κ1) is 16.0. The summed E-state index contributed by atoms with van der Waals surface area (Å²) in [6, 6.07) is 5.93. The van der Waals surface area contributed by atoms with Crippen molar-refractivity contribution < 1.29 is 4.79 Å². The molecule has 0 aliphatic rings. The molecule has 0 saturated carbocycles. The number of rotatable bonds is 4. The van der Waals surface area contributed by atoms with Crippen LogP contribution in [0.25, 0.3) is 11.0 Å². The van der Waals surface area contributed by atoms with Crippen molar-refractivity contribution >= 4 is 40.0 Å². The highest BCUT2D eigenvalue weighted by Gasteiger charge is 2.20. The number of carbonyl (C=O) groups is 1. The molecule has 3 rings (SSSR count). The van der Waals surface area contributed by atoms with Gasteiger partial charge in [-0.2, -0.15) is 8.75 Å². The maximum Gasteiger partial charge on any atom is 0.265 e.